The summed E-state index contributed by atoms with van der Waals surface area (Å²) in [6.45, 7) is 1.74. The van der Waals surface area contributed by atoms with Crippen molar-refractivity contribution in [2.24, 2.45) is 0 Å². The Morgan fingerprint density at radius 2 is 2.21 bits per heavy atom. The minimum Gasteiger partial charge on any atom is -0.290 e. The molecule has 0 bridgehead atoms. The number of nitrogens with zero attached hydrogens (tertiary/aromatic N) is 2. The molecule has 0 saturated heterocycles. The number of aryl methyl sites for hydroxylation is 1. The Kier molecular flexibility index (Phi) is 4.19. The molecule has 0 aliphatic carbocycles. The quantitative estimate of drug-likeness (QED) is 0.855. The molecule has 1 heterocycles. The number of carbonyl (C=O) groups excluding carboxylic acids is 1. The lowest BCUT2D eigenvalue weighted by molar-refractivity contribution is -0.111. The highest BCUT2D eigenvalue weighted by Gasteiger charge is 2.03. The topological polar surface area (TPSA) is 70.7 Å². The van der Waals surface area contributed by atoms with Crippen LogP contribution in [-0.4, -0.2) is 21.1 Å². The first kappa shape index (κ1) is 13.6. The zero-order chi connectivity index (χ0) is 13.8. The van der Waals surface area contributed by atoms with E-state index in [9.17, 15) is 4.79 Å². The van der Waals surface area contributed by atoms with E-state index < -0.39 is 0 Å². The summed E-state index contributed by atoms with van der Waals surface area (Å²) < 4.78 is 0. The lowest BCUT2D eigenvalue weighted by Crippen LogP contribution is -2.09. The normalized spacial score (nSPS) is 10.9. The van der Waals surface area contributed by atoms with Crippen LogP contribution in [0, 0.1) is 6.92 Å². The number of aromatic nitrogens is 3. The Hall–Kier alpha value is -1.85. The number of halogens is 2. The van der Waals surface area contributed by atoms with Crippen molar-refractivity contribution < 1.29 is 4.79 Å². The number of hydrogen-bond acceptors (Lipinski definition) is 3. The van der Waals surface area contributed by atoms with Crippen molar-refractivity contribution in [2.45, 2.75) is 6.92 Å². The highest BCUT2D eigenvalue weighted by atomic mass is 35.5. The molecule has 98 valence electrons. The van der Waals surface area contributed by atoms with Crippen molar-refractivity contribution in [3.63, 3.8) is 0 Å². The third-order valence-corrected chi connectivity index (χ3v) is 2.77. The minimum absolute atomic E-state index is 0.231. The number of rotatable bonds is 3. The molecule has 0 saturated carbocycles. The van der Waals surface area contributed by atoms with Crippen LogP contribution < -0.4 is 5.32 Å². The summed E-state index contributed by atoms with van der Waals surface area (Å²) in [5.41, 5.74) is 0.701. The van der Waals surface area contributed by atoms with Crippen LogP contribution in [0.5, 0.6) is 0 Å². The number of aromatic amines is 1. The molecule has 19 heavy (non-hydrogen) atoms. The summed E-state index contributed by atoms with van der Waals surface area (Å²) >= 11 is 11.8. The van der Waals surface area contributed by atoms with E-state index in [-0.39, 0.29) is 11.9 Å². The second-order valence-corrected chi connectivity index (χ2v) is 4.58. The van der Waals surface area contributed by atoms with Crippen LogP contribution >= 0.6 is 23.2 Å². The number of nitrogens with one attached hydrogen (secondary N) is 2. The van der Waals surface area contributed by atoms with Gasteiger partial charge in [0.1, 0.15) is 5.82 Å². The zero-order valence-corrected chi connectivity index (χ0v) is 11.5. The second-order valence-electron chi connectivity index (χ2n) is 3.73. The Labute approximate surface area is 119 Å². The fourth-order valence-corrected chi connectivity index (χ4v) is 1.82. The predicted octanol–water partition coefficient (Wildman–Crippen LogP) is 3.07. The van der Waals surface area contributed by atoms with Gasteiger partial charge in [-0.1, -0.05) is 29.3 Å². The Morgan fingerprint density at radius 1 is 1.42 bits per heavy atom. The van der Waals surface area contributed by atoms with Gasteiger partial charge in [0.2, 0.25) is 5.95 Å². The fourth-order valence-electron chi connectivity index (χ4n) is 1.35. The molecule has 0 atom stereocenters. The lowest BCUT2D eigenvalue weighted by atomic mass is 10.2. The first-order chi connectivity index (χ1) is 9.04. The molecule has 7 heteroatoms. The van der Waals surface area contributed by atoms with Crippen LogP contribution in [0.4, 0.5) is 5.95 Å². The average Bonchev–Trinajstić information content (AvgIpc) is 2.73. The first-order valence-electron chi connectivity index (χ1n) is 5.38. The third-order valence-electron chi connectivity index (χ3n) is 2.21. The largest absolute Gasteiger partial charge is 0.290 e. The summed E-state index contributed by atoms with van der Waals surface area (Å²) in [6.07, 6.45) is 2.94. The van der Waals surface area contributed by atoms with E-state index in [4.69, 9.17) is 23.2 Å². The van der Waals surface area contributed by atoms with Crippen LogP contribution in [-0.2, 0) is 4.79 Å². The van der Waals surface area contributed by atoms with E-state index >= 15 is 0 Å². The molecular formula is C12H10Cl2N4O. The smallest absolute Gasteiger partial charge is 0.250 e. The van der Waals surface area contributed by atoms with Crippen molar-refractivity contribution in [3.8, 4) is 0 Å². The predicted molar refractivity (Wildman–Crippen MR) is 75.2 cm³/mol. The van der Waals surface area contributed by atoms with E-state index in [1.54, 1.807) is 31.2 Å². The zero-order valence-electron chi connectivity index (χ0n) is 9.95. The molecule has 0 aliphatic rings. The van der Waals surface area contributed by atoms with Gasteiger partial charge in [0.05, 0.1) is 0 Å². The molecule has 2 rings (SSSR count). The van der Waals surface area contributed by atoms with Crippen molar-refractivity contribution in [2.75, 3.05) is 5.32 Å². The maximum Gasteiger partial charge on any atom is 0.250 e. The minimum atomic E-state index is -0.343. The molecule has 0 unspecified atom stereocenters. The van der Waals surface area contributed by atoms with Crippen molar-refractivity contribution in [3.05, 3.63) is 45.7 Å². The van der Waals surface area contributed by atoms with Gasteiger partial charge in [-0.2, -0.15) is 4.98 Å². The number of hydrogen-bond donors (Lipinski definition) is 2. The number of anilines is 1. The summed E-state index contributed by atoms with van der Waals surface area (Å²) in [4.78, 5) is 15.6. The van der Waals surface area contributed by atoms with Gasteiger partial charge in [-0.15, -0.1) is 5.10 Å². The van der Waals surface area contributed by atoms with Gasteiger partial charge in [-0.25, -0.2) is 0 Å². The first-order valence-corrected chi connectivity index (χ1v) is 6.13. The van der Waals surface area contributed by atoms with Gasteiger partial charge >= 0.3 is 0 Å². The number of carbonyl (C=O) groups is 1. The molecule has 0 spiro atoms. The summed E-state index contributed by atoms with van der Waals surface area (Å²) in [6, 6.07) is 5.04. The summed E-state index contributed by atoms with van der Waals surface area (Å²) in [5.74, 6) is 0.513. The molecular weight excluding hydrogens is 287 g/mol. The summed E-state index contributed by atoms with van der Waals surface area (Å²) in [7, 11) is 0. The van der Waals surface area contributed by atoms with Gasteiger partial charge in [0.25, 0.3) is 5.91 Å². The molecule has 1 aromatic heterocycles. The third kappa shape index (κ3) is 3.81. The molecule has 5 nitrogen and oxygen atoms in total. The molecule has 1 amide bonds. The van der Waals surface area contributed by atoms with E-state index in [1.807, 2.05) is 0 Å². The van der Waals surface area contributed by atoms with Crippen LogP contribution in [0.1, 0.15) is 11.4 Å². The molecule has 2 N–H and O–H groups in total. The molecule has 0 fully saturated rings. The van der Waals surface area contributed by atoms with Gasteiger partial charge in [-0.3, -0.25) is 15.2 Å². The number of benzene rings is 1. The van der Waals surface area contributed by atoms with Crippen molar-refractivity contribution in [1.82, 2.24) is 15.2 Å². The van der Waals surface area contributed by atoms with Crippen LogP contribution in [0.2, 0.25) is 10.0 Å². The monoisotopic (exact) mass is 296 g/mol. The highest BCUT2D eigenvalue weighted by Crippen LogP contribution is 2.21. The van der Waals surface area contributed by atoms with E-state index in [0.29, 0.717) is 21.4 Å². The lowest BCUT2D eigenvalue weighted by Gasteiger charge is -1.98. The van der Waals surface area contributed by atoms with Gasteiger partial charge in [0.15, 0.2) is 0 Å². The average molecular weight is 297 g/mol. The standard InChI is InChI=1S/C12H10Cl2N4O/c1-7-15-12(18-17-7)16-11(19)5-3-8-2-4-9(13)6-10(8)14/h2-6H,1H3,(H2,15,16,17,18,19)/b5-3+. The van der Waals surface area contributed by atoms with Crippen LogP contribution in [0.25, 0.3) is 6.08 Å². The van der Waals surface area contributed by atoms with Crippen LogP contribution in [0.15, 0.2) is 24.3 Å². The SMILES string of the molecule is Cc1nc(NC(=O)/C=C/c2ccc(Cl)cc2Cl)n[nH]1. The number of H-pyrrole nitrogens is 1. The second kappa shape index (κ2) is 5.86. The van der Waals surface area contributed by atoms with E-state index in [0.717, 1.165) is 0 Å². The van der Waals surface area contributed by atoms with Crippen molar-refractivity contribution in [1.29, 1.82) is 0 Å². The summed E-state index contributed by atoms with van der Waals surface area (Å²) in [5, 5.41) is 9.96. The van der Waals surface area contributed by atoms with Crippen molar-refractivity contribution >= 4 is 41.1 Å². The maximum absolute atomic E-state index is 11.6. The maximum atomic E-state index is 11.6. The molecule has 1 aromatic carbocycles. The molecule has 0 radical (unpaired) electrons. The van der Waals surface area contributed by atoms with Gasteiger partial charge in [-0.05, 0) is 30.7 Å². The Morgan fingerprint density at radius 3 is 2.84 bits per heavy atom. The van der Waals surface area contributed by atoms with Crippen LogP contribution in [0.3, 0.4) is 0 Å². The Bertz CT molecular complexity index is 636. The highest BCUT2D eigenvalue weighted by molar-refractivity contribution is 6.35. The molecule has 2 aromatic rings. The van der Waals surface area contributed by atoms with Gasteiger partial charge in [0, 0.05) is 16.1 Å². The van der Waals surface area contributed by atoms with Gasteiger partial charge < -0.3 is 0 Å². The number of amides is 1. The van der Waals surface area contributed by atoms with E-state index in [2.05, 4.69) is 20.5 Å². The Balaban J connectivity index is 2.03. The molecule has 0 aliphatic heterocycles. The van der Waals surface area contributed by atoms with E-state index in [1.165, 1.54) is 6.08 Å². The fraction of sp³-hybridized carbons (Fsp3) is 0.0833.